The molecule has 0 saturated heterocycles. The van der Waals surface area contributed by atoms with E-state index in [4.69, 9.17) is 5.73 Å². The van der Waals surface area contributed by atoms with Crippen molar-refractivity contribution in [3.8, 4) is 0 Å². The van der Waals surface area contributed by atoms with Crippen LogP contribution in [0.15, 0.2) is 16.7 Å². The van der Waals surface area contributed by atoms with Gasteiger partial charge in [0.15, 0.2) is 0 Å². The summed E-state index contributed by atoms with van der Waals surface area (Å²) in [5.41, 5.74) is 6.35. The van der Waals surface area contributed by atoms with Gasteiger partial charge in [0.1, 0.15) is 5.82 Å². The Morgan fingerprint density at radius 2 is 2.06 bits per heavy atom. The van der Waals surface area contributed by atoms with Gasteiger partial charge < -0.3 is 11.1 Å². The average Bonchev–Trinajstić information content (AvgIpc) is 2.25. The first-order valence-electron chi connectivity index (χ1n) is 5.82. The number of rotatable bonds is 2. The van der Waals surface area contributed by atoms with Gasteiger partial charge in [-0.05, 0) is 53.6 Å². The molecule has 0 amide bonds. The minimum Gasteiger partial charge on any atom is -0.397 e. The molecule has 2 rings (SSSR count). The van der Waals surface area contributed by atoms with Gasteiger partial charge in [0.25, 0.3) is 0 Å². The normalized spacial score (nSPS) is 25.4. The largest absolute Gasteiger partial charge is 0.397 e. The third-order valence-corrected chi connectivity index (χ3v) is 3.82. The molecule has 1 fully saturated rings. The first-order chi connectivity index (χ1) is 7.65. The van der Waals surface area contributed by atoms with E-state index < -0.39 is 0 Å². The van der Waals surface area contributed by atoms with E-state index in [9.17, 15) is 0 Å². The number of hydrogen-bond donors (Lipinski definition) is 2. The predicted molar refractivity (Wildman–Crippen MR) is 71.4 cm³/mol. The Morgan fingerprint density at radius 1 is 1.38 bits per heavy atom. The van der Waals surface area contributed by atoms with Crippen LogP contribution in [0.5, 0.6) is 0 Å². The second-order valence-electron chi connectivity index (χ2n) is 4.70. The number of halogens is 1. The highest BCUT2D eigenvalue weighted by Gasteiger charge is 2.18. The van der Waals surface area contributed by atoms with Crippen LogP contribution in [0.3, 0.4) is 0 Å². The fraction of sp³-hybridized carbons (Fsp3) is 0.583. The lowest BCUT2D eigenvalue weighted by Gasteiger charge is -2.27. The number of nitrogens with one attached hydrogen (secondary N) is 1. The van der Waals surface area contributed by atoms with Crippen molar-refractivity contribution >= 4 is 27.4 Å². The van der Waals surface area contributed by atoms with E-state index in [0.717, 1.165) is 16.2 Å². The van der Waals surface area contributed by atoms with Crippen molar-refractivity contribution in [2.45, 2.75) is 38.6 Å². The van der Waals surface area contributed by atoms with Crippen LogP contribution in [-0.4, -0.2) is 11.0 Å². The van der Waals surface area contributed by atoms with Gasteiger partial charge in [0.2, 0.25) is 0 Å². The van der Waals surface area contributed by atoms with Crippen LogP contribution in [-0.2, 0) is 0 Å². The zero-order valence-corrected chi connectivity index (χ0v) is 11.1. The van der Waals surface area contributed by atoms with E-state index in [2.05, 4.69) is 33.2 Å². The van der Waals surface area contributed by atoms with E-state index in [1.807, 2.05) is 6.07 Å². The summed E-state index contributed by atoms with van der Waals surface area (Å²) in [5, 5.41) is 3.48. The van der Waals surface area contributed by atoms with Crippen LogP contribution in [0.1, 0.15) is 32.6 Å². The standard InChI is InChI=1S/C12H18BrN3/c1-8-2-4-10(5-3-8)16-12-11(13)6-9(14)7-15-12/h6-8,10H,2-5,14H2,1H3,(H,15,16). The molecule has 0 aromatic carbocycles. The Hall–Kier alpha value is -0.770. The van der Waals surface area contributed by atoms with Crippen LogP contribution in [0.2, 0.25) is 0 Å². The van der Waals surface area contributed by atoms with Gasteiger partial charge in [-0.2, -0.15) is 0 Å². The monoisotopic (exact) mass is 283 g/mol. The summed E-state index contributed by atoms with van der Waals surface area (Å²) in [5.74, 6) is 1.79. The number of pyridine rings is 1. The molecule has 0 atom stereocenters. The Morgan fingerprint density at radius 3 is 2.69 bits per heavy atom. The molecule has 0 radical (unpaired) electrons. The summed E-state index contributed by atoms with van der Waals surface area (Å²) in [6, 6.07) is 2.45. The molecule has 0 aliphatic heterocycles. The Balaban J connectivity index is 1.98. The van der Waals surface area contributed by atoms with Crippen molar-refractivity contribution in [1.82, 2.24) is 4.98 Å². The molecule has 3 N–H and O–H groups in total. The van der Waals surface area contributed by atoms with Gasteiger partial charge in [-0.1, -0.05) is 6.92 Å². The highest BCUT2D eigenvalue weighted by Crippen LogP contribution is 2.28. The van der Waals surface area contributed by atoms with Crippen molar-refractivity contribution < 1.29 is 0 Å². The van der Waals surface area contributed by atoms with E-state index in [1.54, 1.807) is 6.20 Å². The number of nitrogen functional groups attached to an aromatic ring is 1. The lowest BCUT2D eigenvalue weighted by atomic mass is 9.87. The highest BCUT2D eigenvalue weighted by atomic mass is 79.9. The summed E-state index contributed by atoms with van der Waals surface area (Å²) < 4.78 is 0.950. The molecular weight excluding hydrogens is 266 g/mol. The molecule has 0 bridgehead atoms. The lowest BCUT2D eigenvalue weighted by Crippen LogP contribution is -2.25. The Kier molecular flexibility index (Phi) is 3.69. The average molecular weight is 284 g/mol. The van der Waals surface area contributed by atoms with E-state index in [1.165, 1.54) is 25.7 Å². The number of aromatic nitrogens is 1. The van der Waals surface area contributed by atoms with Crippen LogP contribution < -0.4 is 11.1 Å². The van der Waals surface area contributed by atoms with E-state index >= 15 is 0 Å². The van der Waals surface area contributed by atoms with Crippen molar-refractivity contribution in [3.05, 3.63) is 16.7 Å². The summed E-state index contributed by atoms with van der Waals surface area (Å²) in [7, 11) is 0. The first kappa shape index (κ1) is 11.7. The molecular formula is C12H18BrN3. The van der Waals surface area contributed by atoms with Gasteiger partial charge >= 0.3 is 0 Å². The molecule has 88 valence electrons. The SMILES string of the molecule is CC1CCC(Nc2ncc(N)cc2Br)CC1. The molecule has 1 aromatic heterocycles. The lowest BCUT2D eigenvalue weighted by molar-refractivity contribution is 0.360. The summed E-state index contributed by atoms with van der Waals surface area (Å²) in [6.45, 7) is 2.33. The van der Waals surface area contributed by atoms with Crippen LogP contribution in [0.4, 0.5) is 11.5 Å². The third kappa shape index (κ3) is 2.88. The van der Waals surface area contributed by atoms with Gasteiger partial charge in [0.05, 0.1) is 16.4 Å². The van der Waals surface area contributed by atoms with Gasteiger partial charge in [0, 0.05) is 6.04 Å². The number of anilines is 2. The molecule has 4 heteroatoms. The number of nitrogens with two attached hydrogens (primary N) is 1. The molecule has 1 saturated carbocycles. The maximum Gasteiger partial charge on any atom is 0.140 e. The molecule has 0 spiro atoms. The maximum absolute atomic E-state index is 5.66. The molecule has 1 heterocycles. The van der Waals surface area contributed by atoms with Crippen LogP contribution in [0.25, 0.3) is 0 Å². The Bertz CT molecular complexity index is 359. The van der Waals surface area contributed by atoms with Crippen LogP contribution >= 0.6 is 15.9 Å². The van der Waals surface area contributed by atoms with E-state index in [0.29, 0.717) is 11.7 Å². The molecule has 3 nitrogen and oxygen atoms in total. The maximum atomic E-state index is 5.66. The quantitative estimate of drug-likeness (QED) is 0.875. The van der Waals surface area contributed by atoms with Crippen molar-refractivity contribution in [3.63, 3.8) is 0 Å². The zero-order chi connectivity index (χ0) is 11.5. The van der Waals surface area contributed by atoms with Crippen molar-refractivity contribution in [2.24, 2.45) is 5.92 Å². The molecule has 1 aliphatic carbocycles. The third-order valence-electron chi connectivity index (χ3n) is 3.22. The molecule has 0 unspecified atom stereocenters. The molecule has 1 aliphatic rings. The van der Waals surface area contributed by atoms with Gasteiger partial charge in [-0.15, -0.1) is 0 Å². The van der Waals surface area contributed by atoms with E-state index in [-0.39, 0.29) is 0 Å². The molecule has 1 aromatic rings. The van der Waals surface area contributed by atoms with Crippen molar-refractivity contribution in [2.75, 3.05) is 11.1 Å². The summed E-state index contributed by atoms with van der Waals surface area (Å²) in [6.07, 6.45) is 6.78. The summed E-state index contributed by atoms with van der Waals surface area (Å²) in [4.78, 5) is 4.31. The predicted octanol–water partition coefficient (Wildman–Crippen LogP) is 3.42. The topological polar surface area (TPSA) is 50.9 Å². The molecule has 16 heavy (non-hydrogen) atoms. The minimum atomic E-state index is 0.559. The minimum absolute atomic E-state index is 0.559. The summed E-state index contributed by atoms with van der Waals surface area (Å²) >= 11 is 3.48. The zero-order valence-electron chi connectivity index (χ0n) is 9.54. The first-order valence-corrected chi connectivity index (χ1v) is 6.62. The number of nitrogens with zero attached hydrogens (tertiary/aromatic N) is 1. The Labute approximate surface area is 105 Å². The second kappa shape index (κ2) is 5.04. The smallest absolute Gasteiger partial charge is 0.140 e. The van der Waals surface area contributed by atoms with Gasteiger partial charge in [-0.3, -0.25) is 0 Å². The van der Waals surface area contributed by atoms with Crippen LogP contribution in [0, 0.1) is 5.92 Å². The van der Waals surface area contributed by atoms with Crippen molar-refractivity contribution in [1.29, 1.82) is 0 Å². The highest BCUT2D eigenvalue weighted by molar-refractivity contribution is 9.10. The fourth-order valence-corrected chi connectivity index (χ4v) is 2.64. The van der Waals surface area contributed by atoms with Gasteiger partial charge in [-0.25, -0.2) is 4.98 Å². The number of hydrogen-bond acceptors (Lipinski definition) is 3. The second-order valence-corrected chi connectivity index (χ2v) is 5.55. The fourth-order valence-electron chi connectivity index (χ4n) is 2.16.